The van der Waals surface area contributed by atoms with Crippen LogP contribution >= 0.6 is 0 Å². The number of benzene rings is 1. The predicted octanol–water partition coefficient (Wildman–Crippen LogP) is 3.01. The fourth-order valence-corrected chi connectivity index (χ4v) is 2.72. The minimum Gasteiger partial charge on any atom is -0.379 e. The summed E-state index contributed by atoms with van der Waals surface area (Å²) < 4.78 is 5.45. The molecule has 1 heterocycles. The summed E-state index contributed by atoms with van der Waals surface area (Å²) >= 11 is 0. The molecule has 1 aromatic rings. The van der Waals surface area contributed by atoms with Gasteiger partial charge in [0.15, 0.2) is 0 Å². The molecule has 6 heteroatoms. The van der Waals surface area contributed by atoms with Gasteiger partial charge in [0.25, 0.3) is 5.91 Å². The largest absolute Gasteiger partial charge is 0.379 e. The Hall–Kier alpha value is -2.08. The molecular formula is C19H29N3O3. The van der Waals surface area contributed by atoms with Crippen molar-refractivity contribution in [3.63, 3.8) is 0 Å². The Kier molecular flexibility index (Phi) is 6.82. The SMILES string of the molecule is CC(C)C[C@H]1Nc2ccc(C(=O)NCCCOC(C)C)cc2NC1=O. The summed E-state index contributed by atoms with van der Waals surface area (Å²) in [4.78, 5) is 24.4. The van der Waals surface area contributed by atoms with Crippen molar-refractivity contribution in [1.29, 1.82) is 0 Å². The van der Waals surface area contributed by atoms with E-state index >= 15 is 0 Å². The number of ether oxygens (including phenoxy) is 1. The molecule has 1 aliphatic rings. The maximum Gasteiger partial charge on any atom is 0.251 e. The van der Waals surface area contributed by atoms with Crippen LogP contribution in [-0.4, -0.2) is 37.1 Å². The summed E-state index contributed by atoms with van der Waals surface area (Å²) in [5, 5.41) is 9.03. The maximum absolute atomic E-state index is 12.2. The van der Waals surface area contributed by atoms with Gasteiger partial charge in [-0.1, -0.05) is 13.8 Å². The molecule has 0 aliphatic carbocycles. The number of hydrogen-bond acceptors (Lipinski definition) is 4. The molecule has 0 bridgehead atoms. The van der Waals surface area contributed by atoms with Gasteiger partial charge in [0, 0.05) is 18.7 Å². The third-order valence-corrected chi connectivity index (χ3v) is 3.95. The number of carbonyl (C=O) groups is 2. The van der Waals surface area contributed by atoms with E-state index in [1.807, 2.05) is 19.9 Å². The summed E-state index contributed by atoms with van der Waals surface area (Å²) in [7, 11) is 0. The van der Waals surface area contributed by atoms with Crippen molar-refractivity contribution >= 4 is 23.2 Å². The lowest BCUT2D eigenvalue weighted by Gasteiger charge is -2.28. The number of nitrogens with one attached hydrogen (secondary N) is 3. The molecule has 2 amide bonds. The molecule has 25 heavy (non-hydrogen) atoms. The quantitative estimate of drug-likeness (QED) is 0.632. The van der Waals surface area contributed by atoms with Crippen LogP contribution in [0.3, 0.4) is 0 Å². The normalized spacial score (nSPS) is 16.4. The van der Waals surface area contributed by atoms with Gasteiger partial charge in [0.1, 0.15) is 6.04 Å². The van der Waals surface area contributed by atoms with Crippen molar-refractivity contribution < 1.29 is 14.3 Å². The maximum atomic E-state index is 12.2. The fourth-order valence-electron chi connectivity index (χ4n) is 2.72. The third-order valence-electron chi connectivity index (χ3n) is 3.95. The van der Waals surface area contributed by atoms with Crippen molar-refractivity contribution in [3.05, 3.63) is 23.8 Å². The van der Waals surface area contributed by atoms with Gasteiger partial charge < -0.3 is 20.7 Å². The van der Waals surface area contributed by atoms with E-state index < -0.39 is 0 Å². The first-order valence-corrected chi connectivity index (χ1v) is 8.98. The Balaban J connectivity index is 1.91. The Morgan fingerprint density at radius 2 is 2.00 bits per heavy atom. The monoisotopic (exact) mass is 347 g/mol. The van der Waals surface area contributed by atoms with Crippen molar-refractivity contribution in [2.45, 2.75) is 52.7 Å². The lowest BCUT2D eigenvalue weighted by molar-refractivity contribution is -0.117. The Labute approximate surface area is 149 Å². The molecule has 138 valence electrons. The van der Waals surface area contributed by atoms with E-state index in [-0.39, 0.29) is 24.0 Å². The van der Waals surface area contributed by atoms with Gasteiger partial charge in [-0.2, -0.15) is 0 Å². The number of rotatable bonds is 8. The molecule has 0 unspecified atom stereocenters. The molecule has 6 nitrogen and oxygen atoms in total. The minimum atomic E-state index is -0.229. The highest BCUT2D eigenvalue weighted by atomic mass is 16.5. The molecule has 0 saturated heterocycles. The van der Waals surface area contributed by atoms with Gasteiger partial charge >= 0.3 is 0 Å². The second kappa shape index (κ2) is 8.85. The second-order valence-electron chi connectivity index (χ2n) is 7.11. The molecule has 2 rings (SSSR count). The highest BCUT2D eigenvalue weighted by molar-refractivity contribution is 6.05. The zero-order chi connectivity index (χ0) is 18.4. The van der Waals surface area contributed by atoms with Crippen molar-refractivity contribution in [2.75, 3.05) is 23.8 Å². The Morgan fingerprint density at radius 3 is 2.68 bits per heavy atom. The van der Waals surface area contributed by atoms with Gasteiger partial charge in [-0.3, -0.25) is 9.59 Å². The van der Waals surface area contributed by atoms with E-state index in [1.54, 1.807) is 12.1 Å². The average molecular weight is 347 g/mol. The zero-order valence-corrected chi connectivity index (χ0v) is 15.5. The van der Waals surface area contributed by atoms with Crippen LogP contribution in [0.5, 0.6) is 0 Å². The average Bonchev–Trinajstić information content (AvgIpc) is 2.54. The minimum absolute atomic E-state index is 0.0513. The number of hydrogen-bond donors (Lipinski definition) is 3. The molecule has 0 radical (unpaired) electrons. The molecule has 0 aromatic heterocycles. The predicted molar refractivity (Wildman–Crippen MR) is 100.0 cm³/mol. The van der Waals surface area contributed by atoms with Crippen LogP contribution in [0.25, 0.3) is 0 Å². The summed E-state index contributed by atoms with van der Waals surface area (Å²) in [6.07, 6.45) is 1.74. The van der Waals surface area contributed by atoms with Crippen LogP contribution in [0.2, 0.25) is 0 Å². The van der Waals surface area contributed by atoms with E-state index in [4.69, 9.17) is 4.74 Å². The standard InChI is InChI=1S/C19H29N3O3/c1-12(2)10-17-19(24)22-16-11-14(6-7-15(16)21-17)18(23)20-8-5-9-25-13(3)4/h6-7,11-13,17,21H,5,8-10H2,1-4H3,(H,20,23)(H,22,24)/t17-/m1/s1. The lowest BCUT2D eigenvalue weighted by atomic mass is 10.00. The lowest BCUT2D eigenvalue weighted by Crippen LogP contribution is -2.39. The van der Waals surface area contributed by atoms with E-state index in [0.717, 1.165) is 18.5 Å². The molecule has 1 atom stereocenters. The van der Waals surface area contributed by atoms with Gasteiger partial charge in [0.05, 0.1) is 17.5 Å². The van der Waals surface area contributed by atoms with Crippen LogP contribution in [0.1, 0.15) is 50.9 Å². The molecular weight excluding hydrogens is 318 g/mol. The van der Waals surface area contributed by atoms with Gasteiger partial charge in [0.2, 0.25) is 5.91 Å². The van der Waals surface area contributed by atoms with Crippen LogP contribution < -0.4 is 16.0 Å². The summed E-state index contributed by atoms with van der Waals surface area (Å²) in [6.45, 7) is 9.33. The third kappa shape index (κ3) is 5.74. The number of anilines is 2. The van der Waals surface area contributed by atoms with Crippen LogP contribution in [-0.2, 0) is 9.53 Å². The second-order valence-corrected chi connectivity index (χ2v) is 7.11. The highest BCUT2D eigenvalue weighted by Gasteiger charge is 2.26. The van der Waals surface area contributed by atoms with Crippen LogP contribution in [0.15, 0.2) is 18.2 Å². The Bertz CT molecular complexity index is 614. The number of fused-ring (bicyclic) bond motifs is 1. The van der Waals surface area contributed by atoms with E-state index in [2.05, 4.69) is 29.8 Å². The van der Waals surface area contributed by atoms with E-state index in [9.17, 15) is 9.59 Å². The van der Waals surface area contributed by atoms with Gasteiger partial charge in [-0.25, -0.2) is 0 Å². The fraction of sp³-hybridized carbons (Fsp3) is 0.579. The summed E-state index contributed by atoms with van der Waals surface area (Å²) in [5.41, 5.74) is 2.04. The van der Waals surface area contributed by atoms with Gasteiger partial charge in [-0.05, 0) is 50.8 Å². The van der Waals surface area contributed by atoms with Crippen molar-refractivity contribution in [2.24, 2.45) is 5.92 Å². The van der Waals surface area contributed by atoms with Crippen molar-refractivity contribution in [3.8, 4) is 0 Å². The van der Waals surface area contributed by atoms with Crippen LogP contribution in [0.4, 0.5) is 11.4 Å². The smallest absolute Gasteiger partial charge is 0.251 e. The topological polar surface area (TPSA) is 79.5 Å². The zero-order valence-electron chi connectivity index (χ0n) is 15.5. The highest BCUT2D eigenvalue weighted by Crippen LogP contribution is 2.29. The Morgan fingerprint density at radius 1 is 1.24 bits per heavy atom. The summed E-state index contributed by atoms with van der Waals surface area (Å²) in [5.74, 6) is 0.227. The molecule has 3 N–H and O–H groups in total. The first-order valence-electron chi connectivity index (χ1n) is 8.98. The first kappa shape index (κ1) is 19.2. The molecule has 0 fully saturated rings. The molecule has 0 spiro atoms. The number of carbonyl (C=O) groups excluding carboxylic acids is 2. The van der Waals surface area contributed by atoms with E-state index in [1.165, 1.54) is 0 Å². The molecule has 1 aliphatic heterocycles. The summed E-state index contributed by atoms with van der Waals surface area (Å²) in [6, 6.07) is 5.11. The van der Waals surface area contributed by atoms with Crippen LogP contribution in [0, 0.1) is 5.92 Å². The first-order chi connectivity index (χ1) is 11.9. The molecule has 1 aromatic carbocycles. The van der Waals surface area contributed by atoms with E-state index in [0.29, 0.717) is 30.3 Å². The number of amides is 2. The molecule has 0 saturated carbocycles. The van der Waals surface area contributed by atoms with Crippen molar-refractivity contribution in [1.82, 2.24) is 5.32 Å². The van der Waals surface area contributed by atoms with Gasteiger partial charge in [-0.15, -0.1) is 0 Å².